The van der Waals surface area contributed by atoms with Gasteiger partial charge in [0, 0.05) is 37.9 Å². The molecule has 0 radical (unpaired) electrons. The van der Waals surface area contributed by atoms with Gasteiger partial charge in [-0.3, -0.25) is 9.48 Å². The summed E-state index contributed by atoms with van der Waals surface area (Å²) in [5.74, 6) is 0.182. The number of carbonyl (C=O) groups excluding carboxylic acids is 1. The molecule has 0 saturated carbocycles. The van der Waals surface area contributed by atoms with Gasteiger partial charge < -0.3 is 16.0 Å². The van der Waals surface area contributed by atoms with Crippen LogP contribution in [0.15, 0.2) is 31.0 Å². The Labute approximate surface area is 195 Å². The maximum Gasteiger partial charge on any atom is 0.252 e. The predicted octanol–water partition coefficient (Wildman–Crippen LogP) is 1.14. The maximum absolute atomic E-state index is 12.2. The van der Waals surface area contributed by atoms with Gasteiger partial charge in [0.25, 0.3) is 5.91 Å². The number of amides is 1. The molecule has 5 heterocycles. The van der Waals surface area contributed by atoms with Crippen LogP contribution in [0.2, 0.25) is 0 Å². The van der Waals surface area contributed by atoms with E-state index in [-0.39, 0.29) is 17.5 Å². The van der Waals surface area contributed by atoms with E-state index in [1.54, 1.807) is 9.20 Å². The molecule has 4 aromatic heterocycles. The Morgan fingerprint density at radius 1 is 1.24 bits per heavy atom. The number of aromatic nitrogens is 7. The first-order valence-corrected chi connectivity index (χ1v) is 10.8. The van der Waals surface area contributed by atoms with E-state index in [1.165, 1.54) is 18.6 Å². The Morgan fingerprint density at radius 3 is 2.65 bits per heavy atom. The van der Waals surface area contributed by atoms with E-state index in [0.29, 0.717) is 41.6 Å². The summed E-state index contributed by atoms with van der Waals surface area (Å²) in [6, 6.07) is 2.00. The molecule has 0 aliphatic carbocycles. The van der Waals surface area contributed by atoms with Crippen molar-refractivity contribution >= 4 is 23.2 Å². The number of imidazole rings is 1. The number of nitrogens with zero attached hydrogens (tertiary/aromatic N) is 9. The van der Waals surface area contributed by atoms with Gasteiger partial charge >= 0.3 is 0 Å². The van der Waals surface area contributed by atoms with Gasteiger partial charge in [-0.2, -0.15) is 15.5 Å². The van der Waals surface area contributed by atoms with Gasteiger partial charge in [-0.05, 0) is 12.8 Å². The Balaban J connectivity index is 1.49. The third-order valence-electron chi connectivity index (χ3n) is 6.04. The molecule has 2 atom stereocenters. The summed E-state index contributed by atoms with van der Waals surface area (Å²) in [6.07, 6.45) is 8.19. The number of aryl methyl sites for hydroxylation is 2. The highest BCUT2D eigenvalue weighted by atomic mass is 16.1. The molecule has 1 fully saturated rings. The molecule has 1 amide bonds. The molecular weight excluding hydrogens is 434 g/mol. The quantitative estimate of drug-likeness (QED) is 0.448. The molecule has 0 bridgehead atoms. The molecule has 34 heavy (non-hydrogen) atoms. The van der Waals surface area contributed by atoms with E-state index < -0.39 is 5.91 Å². The number of rotatable bonds is 5. The second kappa shape index (κ2) is 8.11. The minimum Gasteiger partial charge on any atom is -0.376 e. The minimum absolute atomic E-state index is 0.0242. The number of hydrogen-bond acceptors (Lipinski definition) is 9. The SMILES string of the molecule is Cc1nn(C)cc1-c1cn2ncc(C(N)=O)c(N[C@H]3CN(c4ncc(C#N)cn4)C[C@H]3C)c2n1. The topological polar surface area (TPSA) is 156 Å². The van der Waals surface area contributed by atoms with E-state index in [9.17, 15) is 4.79 Å². The molecule has 1 aliphatic heterocycles. The van der Waals surface area contributed by atoms with Crippen LogP contribution < -0.4 is 16.0 Å². The van der Waals surface area contributed by atoms with Crippen LogP contribution in [0, 0.1) is 24.2 Å². The van der Waals surface area contributed by atoms with Gasteiger partial charge in [0.15, 0.2) is 5.65 Å². The predicted molar refractivity (Wildman–Crippen MR) is 124 cm³/mol. The molecule has 3 N–H and O–H groups in total. The maximum atomic E-state index is 12.2. The summed E-state index contributed by atoms with van der Waals surface area (Å²) in [6.45, 7) is 5.35. The van der Waals surface area contributed by atoms with Gasteiger partial charge in [-0.15, -0.1) is 0 Å². The van der Waals surface area contributed by atoms with Crippen molar-refractivity contribution in [2.24, 2.45) is 18.7 Å². The molecule has 0 unspecified atom stereocenters. The van der Waals surface area contributed by atoms with Crippen molar-refractivity contribution in [3.05, 3.63) is 47.8 Å². The van der Waals surface area contributed by atoms with Crippen LogP contribution in [0.25, 0.3) is 16.9 Å². The standard InChI is InChI=1S/C22H23N11O/c1-12-8-32(22-25-5-14(4-23)6-26-22)10-17(12)28-19-15(20(24)34)7-27-33-11-18(29-21(19)33)16-9-31(3)30-13(16)2/h5-7,9,11-12,17,28H,8,10H2,1-3H3,(H2,24,34)/t12-,17+/m1/s1. The number of anilines is 2. The molecule has 4 aromatic rings. The number of nitriles is 1. The van der Waals surface area contributed by atoms with Crippen molar-refractivity contribution in [1.82, 2.24) is 34.3 Å². The number of primary amides is 1. The molecule has 12 heteroatoms. The second-order valence-electron chi connectivity index (χ2n) is 8.51. The van der Waals surface area contributed by atoms with Gasteiger partial charge in [-0.1, -0.05) is 6.92 Å². The van der Waals surface area contributed by atoms with Gasteiger partial charge in [0.2, 0.25) is 5.95 Å². The van der Waals surface area contributed by atoms with Gasteiger partial charge in [0.05, 0.1) is 53.0 Å². The van der Waals surface area contributed by atoms with E-state index in [2.05, 4.69) is 32.4 Å². The molecule has 0 aromatic carbocycles. The zero-order valence-corrected chi connectivity index (χ0v) is 19.0. The van der Waals surface area contributed by atoms with Crippen LogP contribution >= 0.6 is 0 Å². The summed E-state index contributed by atoms with van der Waals surface area (Å²) in [5.41, 5.74) is 9.84. The van der Waals surface area contributed by atoms with Crippen LogP contribution in [0.5, 0.6) is 0 Å². The lowest BCUT2D eigenvalue weighted by Crippen LogP contribution is -2.30. The summed E-state index contributed by atoms with van der Waals surface area (Å²) >= 11 is 0. The first kappa shape index (κ1) is 21.3. The third-order valence-corrected chi connectivity index (χ3v) is 6.04. The van der Waals surface area contributed by atoms with Crippen LogP contribution in [-0.2, 0) is 7.05 Å². The van der Waals surface area contributed by atoms with Crippen molar-refractivity contribution in [3.63, 3.8) is 0 Å². The average Bonchev–Trinajstić information content (AvgIpc) is 3.50. The molecular formula is C22H23N11O. The lowest BCUT2D eigenvalue weighted by atomic mass is 10.1. The van der Waals surface area contributed by atoms with Crippen LogP contribution in [0.4, 0.5) is 11.6 Å². The molecule has 5 rings (SSSR count). The Morgan fingerprint density at radius 2 is 2.00 bits per heavy atom. The monoisotopic (exact) mass is 457 g/mol. The van der Waals surface area contributed by atoms with Crippen molar-refractivity contribution in [2.75, 3.05) is 23.3 Å². The molecule has 172 valence electrons. The molecule has 0 spiro atoms. The zero-order chi connectivity index (χ0) is 24.0. The lowest BCUT2D eigenvalue weighted by molar-refractivity contribution is 0.100. The Bertz CT molecular complexity index is 1430. The average molecular weight is 458 g/mol. The first-order valence-electron chi connectivity index (χ1n) is 10.8. The fraction of sp³-hybridized carbons (Fsp3) is 0.318. The van der Waals surface area contributed by atoms with Crippen molar-refractivity contribution in [1.29, 1.82) is 5.26 Å². The fourth-order valence-electron chi connectivity index (χ4n) is 4.29. The Kier molecular flexibility index (Phi) is 5.09. The Hall–Kier alpha value is -4.53. The number of fused-ring (bicyclic) bond motifs is 1. The number of nitrogens with two attached hydrogens (primary N) is 1. The zero-order valence-electron chi connectivity index (χ0n) is 19.0. The second-order valence-corrected chi connectivity index (χ2v) is 8.51. The summed E-state index contributed by atoms with van der Waals surface area (Å²) in [7, 11) is 1.85. The van der Waals surface area contributed by atoms with Crippen molar-refractivity contribution in [2.45, 2.75) is 19.9 Å². The first-order chi connectivity index (χ1) is 16.3. The molecule has 1 saturated heterocycles. The van der Waals surface area contributed by atoms with E-state index >= 15 is 0 Å². The normalized spacial score (nSPS) is 17.8. The molecule has 12 nitrogen and oxygen atoms in total. The van der Waals surface area contributed by atoms with Crippen LogP contribution in [0.1, 0.15) is 28.5 Å². The van der Waals surface area contributed by atoms with Crippen LogP contribution in [0.3, 0.4) is 0 Å². The summed E-state index contributed by atoms with van der Waals surface area (Å²) in [5, 5.41) is 21.2. The number of hydrogen-bond donors (Lipinski definition) is 2. The van der Waals surface area contributed by atoms with E-state index in [0.717, 1.165) is 11.3 Å². The molecule has 1 aliphatic rings. The summed E-state index contributed by atoms with van der Waals surface area (Å²) < 4.78 is 3.37. The van der Waals surface area contributed by atoms with Gasteiger partial charge in [0.1, 0.15) is 6.07 Å². The minimum atomic E-state index is -0.586. The highest BCUT2D eigenvalue weighted by Crippen LogP contribution is 2.30. The lowest BCUT2D eigenvalue weighted by Gasteiger charge is -2.20. The van der Waals surface area contributed by atoms with E-state index in [4.69, 9.17) is 16.0 Å². The fourth-order valence-corrected chi connectivity index (χ4v) is 4.29. The van der Waals surface area contributed by atoms with Crippen LogP contribution in [-0.4, -0.2) is 59.4 Å². The van der Waals surface area contributed by atoms with Crippen molar-refractivity contribution < 1.29 is 4.79 Å². The highest BCUT2D eigenvalue weighted by molar-refractivity contribution is 6.01. The van der Waals surface area contributed by atoms with Gasteiger partial charge in [-0.25, -0.2) is 19.5 Å². The largest absolute Gasteiger partial charge is 0.376 e. The number of nitrogens with one attached hydrogen (secondary N) is 1. The number of carbonyl (C=O) groups is 1. The highest BCUT2D eigenvalue weighted by Gasteiger charge is 2.32. The van der Waals surface area contributed by atoms with E-state index in [1.807, 2.05) is 37.3 Å². The van der Waals surface area contributed by atoms with Crippen molar-refractivity contribution in [3.8, 4) is 17.3 Å². The third kappa shape index (κ3) is 3.66. The summed E-state index contributed by atoms with van der Waals surface area (Å²) in [4.78, 5) is 27.7. The smallest absolute Gasteiger partial charge is 0.252 e.